The van der Waals surface area contributed by atoms with Crippen LogP contribution in [0.1, 0.15) is 45.5 Å². The molecule has 0 bridgehead atoms. The van der Waals surface area contributed by atoms with Crippen LogP contribution in [-0.4, -0.2) is 36.3 Å². The van der Waals surface area contributed by atoms with Gasteiger partial charge in [0, 0.05) is 35.6 Å². The van der Waals surface area contributed by atoms with Crippen LogP contribution in [0, 0.1) is 5.92 Å². The molecule has 126 valence electrons. The van der Waals surface area contributed by atoms with Crippen LogP contribution in [-0.2, 0) is 0 Å². The minimum atomic E-state index is -0.0839. The highest BCUT2D eigenvalue weighted by atomic mass is 16.1. The number of carbonyl (C=O) groups excluding carboxylic acids is 2. The van der Waals surface area contributed by atoms with Crippen LogP contribution in [0.15, 0.2) is 42.7 Å². The molecular formula is C19H23N3O2. The number of hydrogen-bond acceptors (Lipinski definition) is 3. The van der Waals surface area contributed by atoms with Crippen LogP contribution < -0.4 is 10.6 Å². The summed E-state index contributed by atoms with van der Waals surface area (Å²) in [6, 6.07) is 8.56. The van der Waals surface area contributed by atoms with E-state index >= 15 is 0 Å². The van der Waals surface area contributed by atoms with Gasteiger partial charge in [0.1, 0.15) is 0 Å². The molecule has 0 saturated carbocycles. The predicted octanol–water partition coefficient (Wildman–Crippen LogP) is 2.37. The summed E-state index contributed by atoms with van der Waals surface area (Å²) in [5.74, 6) is 0.521. The first kappa shape index (κ1) is 16.5. The van der Waals surface area contributed by atoms with Crippen LogP contribution in [0.2, 0.25) is 0 Å². The molecule has 1 atom stereocenters. The van der Waals surface area contributed by atoms with Crippen molar-refractivity contribution in [1.29, 1.82) is 0 Å². The van der Waals surface area contributed by atoms with Gasteiger partial charge in [0.05, 0.1) is 0 Å². The van der Waals surface area contributed by atoms with E-state index < -0.39 is 0 Å². The summed E-state index contributed by atoms with van der Waals surface area (Å²) in [5.41, 5.74) is 1.79. The van der Waals surface area contributed by atoms with Crippen molar-refractivity contribution in [3.63, 3.8) is 0 Å². The Bertz CT molecular complexity index is 671. The number of aromatic nitrogens is 1. The molecule has 1 aliphatic heterocycles. The van der Waals surface area contributed by atoms with Gasteiger partial charge in [0.25, 0.3) is 5.91 Å². The van der Waals surface area contributed by atoms with Gasteiger partial charge >= 0.3 is 0 Å². The second-order valence-corrected chi connectivity index (χ2v) is 6.26. The van der Waals surface area contributed by atoms with E-state index in [1.165, 1.54) is 12.8 Å². The van der Waals surface area contributed by atoms with Crippen LogP contribution >= 0.6 is 0 Å². The number of hydrogen-bond donors (Lipinski definition) is 3. The van der Waals surface area contributed by atoms with Gasteiger partial charge in [-0.3, -0.25) is 9.59 Å². The van der Waals surface area contributed by atoms with Gasteiger partial charge < -0.3 is 15.6 Å². The molecule has 0 spiro atoms. The van der Waals surface area contributed by atoms with Gasteiger partial charge in [-0.15, -0.1) is 0 Å². The average Bonchev–Trinajstić information content (AvgIpc) is 3.17. The normalized spacial score (nSPS) is 17.4. The standard InChI is InChI=1S/C19H23N3O2/c23-18(17-8-10-21-13-17)15-3-5-16(6-4-15)19(24)22-11-7-14-2-1-9-20-12-14/h3-6,8,10,13-14,20-21H,1-2,7,9,11-12H2,(H,22,24). The third-order valence-electron chi connectivity index (χ3n) is 4.51. The Morgan fingerprint density at radius 3 is 2.54 bits per heavy atom. The van der Waals surface area contributed by atoms with E-state index in [1.54, 1.807) is 42.7 Å². The van der Waals surface area contributed by atoms with Crippen molar-refractivity contribution in [3.8, 4) is 0 Å². The number of benzene rings is 1. The second-order valence-electron chi connectivity index (χ2n) is 6.26. The summed E-state index contributed by atoms with van der Waals surface area (Å²) >= 11 is 0. The molecule has 1 saturated heterocycles. The maximum atomic E-state index is 12.2. The number of ketones is 1. The Labute approximate surface area is 141 Å². The zero-order valence-electron chi connectivity index (χ0n) is 13.7. The van der Waals surface area contributed by atoms with Gasteiger partial charge in [-0.05, 0) is 56.5 Å². The third kappa shape index (κ3) is 4.11. The molecule has 0 radical (unpaired) electrons. The summed E-state index contributed by atoms with van der Waals surface area (Å²) in [5, 5.41) is 6.35. The summed E-state index contributed by atoms with van der Waals surface area (Å²) in [4.78, 5) is 27.3. The van der Waals surface area contributed by atoms with E-state index in [4.69, 9.17) is 0 Å². The highest BCUT2D eigenvalue weighted by Crippen LogP contribution is 2.13. The highest BCUT2D eigenvalue weighted by molar-refractivity contribution is 6.09. The van der Waals surface area contributed by atoms with Crippen molar-refractivity contribution in [2.24, 2.45) is 5.92 Å². The molecule has 0 aliphatic carbocycles. The molecule has 2 aromatic rings. The number of H-pyrrole nitrogens is 1. The Balaban J connectivity index is 1.51. The SMILES string of the molecule is O=C(NCCC1CCCNC1)c1ccc(C(=O)c2cc[nH]c2)cc1. The molecule has 2 heterocycles. The lowest BCUT2D eigenvalue weighted by Crippen LogP contribution is -2.33. The fourth-order valence-corrected chi connectivity index (χ4v) is 3.07. The maximum absolute atomic E-state index is 12.2. The summed E-state index contributed by atoms with van der Waals surface area (Å²) in [7, 11) is 0. The minimum Gasteiger partial charge on any atom is -0.367 e. The molecule has 24 heavy (non-hydrogen) atoms. The van der Waals surface area contributed by atoms with E-state index in [2.05, 4.69) is 15.6 Å². The van der Waals surface area contributed by atoms with Crippen molar-refractivity contribution in [2.75, 3.05) is 19.6 Å². The number of aromatic amines is 1. The third-order valence-corrected chi connectivity index (χ3v) is 4.51. The highest BCUT2D eigenvalue weighted by Gasteiger charge is 2.14. The smallest absolute Gasteiger partial charge is 0.251 e. The van der Waals surface area contributed by atoms with Crippen LogP contribution in [0.4, 0.5) is 0 Å². The molecule has 5 nitrogen and oxygen atoms in total. The number of nitrogens with one attached hydrogen (secondary N) is 3. The topological polar surface area (TPSA) is 74.0 Å². The van der Waals surface area contributed by atoms with Crippen molar-refractivity contribution in [1.82, 2.24) is 15.6 Å². The molecular weight excluding hydrogens is 302 g/mol. The van der Waals surface area contributed by atoms with Gasteiger partial charge in [-0.25, -0.2) is 0 Å². The van der Waals surface area contributed by atoms with E-state index in [-0.39, 0.29) is 11.7 Å². The van der Waals surface area contributed by atoms with Gasteiger partial charge in [0.15, 0.2) is 5.78 Å². The summed E-state index contributed by atoms with van der Waals surface area (Å²) in [6.45, 7) is 2.84. The molecule has 1 aromatic carbocycles. The van der Waals surface area contributed by atoms with Crippen molar-refractivity contribution < 1.29 is 9.59 Å². The summed E-state index contributed by atoms with van der Waals surface area (Å²) < 4.78 is 0. The fraction of sp³-hybridized carbons (Fsp3) is 0.368. The van der Waals surface area contributed by atoms with Crippen LogP contribution in [0.3, 0.4) is 0 Å². The Kier molecular flexibility index (Phi) is 5.43. The second kappa shape index (κ2) is 7.93. The zero-order valence-corrected chi connectivity index (χ0v) is 13.7. The van der Waals surface area contributed by atoms with Crippen LogP contribution in [0.5, 0.6) is 0 Å². The van der Waals surface area contributed by atoms with Crippen molar-refractivity contribution in [3.05, 3.63) is 59.4 Å². The lowest BCUT2D eigenvalue weighted by molar-refractivity contribution is 0.0949. The van der Waals surface area contributed by atoms with Crippen LogP contribution in [0.25, 0.3) is 0 Å². The predicted molar refractivity (Wildman–Crippen MR) is 93.2 cm³/mol. The first-order valence-corrected chi connectivity index (χ1v) is 8.50. The van der Waals surface area contributed by atoms with Gasteiger partial charge in [-0.1, -0.05) is 12.1 Å². The maximum Gasteiger partial charge on any atom is 0.251 e. The molecule has 1 aromatic heterocycles. The summed E-state index contributed by atoms with van der Waals surface area (Å²) in [6.07, 6.45) is 6.84. The Hall–Kier alpha value is -2.40. The Morgan fingerprint density at radius 2 is 1.88 bits per heavy atom. The monoisotopic (exact) mass is 325 g/mol. The lowest BCUT2D eigenvalue weighted by Gasteiger charge is -2.22. The number of carbonyl (C=O) groups is 2. The molecule has 3 N–H and O–H groups in total. The van der Waals surface area contributed by atoms with E-state index in [1.807, 2.05) is 0 Å². The molecule has 1 aliphatic rings. The molecule has 1 unspecified atom stereocenters. The van der Waals surface area contributed by atoms with Gasteiger partial charge in [-0.2, -0.15) is 0 Å². The minimum absolute atomic E-state index is 0.0481. The zero-order chi connectivity index (χ0) is 16.8. The van der Waals surface area contributed by atoms with Crippen molar-refractivity contribution >= 4 is 11.7 Å². The molecule has 1 amide bonds. The first-order chi connectivity index (χ1) is 11.7. The van der Waals surface area contributed by atoms with E-state index in [0.29, 0.717) is 29.2 Å². The van der Waals surface area contributed by atoms with Gasteiger partial charge in [0.2, 0.25) is 0 Å². The molecule has 5 heteroatoms. The quantitative estimate of drug-likeness (QED) is 0.714. The van der Waals surface area contributed by atoms with E-state index in [0.717, 1.165) is 19.5 Å². The number of amides is 1. The fourth-order valence-electron chi connectivity index (χ4n) is 3.07. The Morgan fingerprint density at radius 1 is 1.08 bits per heavy atom. The number of rotatable bonds is 6. The average molecular weight is 325 g/mol. The van der Waals surface area contributed by atoms with Crippen molar-refractivity contribution in [2.45, 2.75) is 19.3 Å². The number of piperidine rings is 1. The molecule has 3 rings (SSSR count). The first-order valence-electron chi connectivity index (χ1n) is 8.50. The molecule has 1 fully saturated rings. The largest absolute Gasteiger partial charge is 0.367 e. The lowest BCUT2D eigenvalue weighted by atomic mass is 9.96. The van der Waals surface area contributed by atoms with E-state index in [9.17, 15) is 9.59 Å².